The Labute approximate surface area is 202 Å². The molecule has 0 unspecified atom stereocenters. The topological polar surface area (TPSA) is 82.8 Å². The second kappa shape index (κ2) is 9.56. The van der Waals surface area contributed by atoms with E-state index in [0.29, 0.717) is 37.0 Å². The predicted octanol–water partition coefficient (Wildman–Crippen LogP) is 4.35. The summed E-state index contributed by atoms with van der Waals surface area (Å²) in [6, 6.07) is 11.4. The van der Waals surface area contributed by atoms with Crippen molar-refractivity contribution in [3.05, 3.63) is 69.9 Å². The van der Waals surface area contributed by atoms with Gasteiger partial charge in [0.05, 0.1) is 30.3 Å². The van der Waals surface area contributed by atoms with Crippen molar-refractivity contribution in [2.75, 3.05) is 20.2 Å². The molecule has 8 nitrogen and oxygen atoms in total. The number of ether oxygens (including phenoxy) is 2. The van der Waals surface area contributed by atoms with Gasteiger partial charge in [0, 0.05) is 24.7 Å². The molecule has 2 heterocycles. The number of carbonyl (C=O) groups excluding carboxylic acids is 2. The third-order valence-corrected chi connectivity index (χ3v) is 6.15. The standard InChI is InChI=1S/C26H30FN3O5/c1-26(2,3)35-25(33)28-13-11-19(12-14-28)30-22-8-6-5-7-21(22)29(24(30)32)16-18-10-9-17(15-20(18)27)23(31)34-4/h5-10,15,19H,11-14,16H2,1-4H3. The summed E-state index contributed by atoms with van der Waals surface area (Å²) in [6.07, 6.45) is 0.863. The maximum Gasteiger partial charge on any atom is 0.410 e. The Morgan fingerprint density at radius 1 is 1.06 bits per heavy atom. The second-order valence-corrected chi connectivity index (χ2v) is 9.72. The van der Waals surface area contributed by atoms with Crippen LogP contribution in [0, 0.1) is 5.82 Å². The first-order valence-corrected chi connectivity index (χ1v) is 11.6. The van der Waals surface area contributed by atoms with Gasteiger partial charge < -0.3 is 14.4 Å². The molecule has 1 amide bonds. The van der Waals surface area contributed by atoms with Crippen LogP contribution in [-0.2, 0) is 16.0 Å². The number of amides is 1. The van der Waals surface area contributed by atoms with E-state index in [1.54, 1.807) is 14.0 Å². The minimum absolute atomic E-state index is 0.0242. The molecule has 0 aliphatic carbocycles. The normalized spacial score (nSPS) is 14.8. The number of imidazole rings is 1. The SMILES string of the molecule is COC(=O)c1ccc(Cn2c(=O)n(C3CCN(C(=O)OC(C)(C)C)CC3)c3ccccc32)c(F)c1. The highest BCUT2D eigenvalue weighted by Crippen LogP contribution is 2.27. The molecule has 9 heteroatoms. The lowest BCUT2D eigenvalue weighted by Crippen LogP contribution is -2.43. The molecule has 0 radical (unpaired) electrons. The Morgan fingerprint density at radius 3 is 2.31 bits per heavy atom. The molecular formula is C26H30FN3O5. The molecule has 0 atom stereocenters. The first-order valence-electron chi connectivity index (χ1n) is 11.6. The Balaban J connectivity index is 1.61. The maximum absolute atomic E-state index is 14.8. The summed E-state index contributed by atoms with van der Waals surface area (Å²) in [6.45, 7) is 6.48. The monoisotopic (exact) mass is 483 g/mol. The summed E-state index contributed by atoms with van der Waals surface area (Å²) in [5.41, 5.74) is 1.06. The first kappa shape index (κ1) is 24.5. The van der Waals surface area contributed by atoms with E-state index >= 15 is 0 Å². The van der Waals surface area contributed by atoms with Crippen molar-refractivity contribution in [3.63, 3.8) is 0 Å². The van der Waals surface area contributed by atoms with E-state index in [4.69, 9.17) is 4.74 Å². The summed E-state index contributed by atoms with van der Waals surface area (Å²) in [4.78, 5) is 39.3. The van der Waals surface area contributed by atoms with E-state index in [0.717, 1.165) is 11.6 Å². The van der Waals surface area contributed by atoms with Crippen molar-refractivity contribution < 1.29 is 23.5 Å². The average molecular weight is 484 g/mol. The highest BCUT2D eigenvalue weighted by Gasteiger charge is 2.29. The number of carbonyl (C=O) groups is 2. The minimum Gasteiger partial charge on any atom is -0.465 e. The number of hydrogen-bond donors (Lipinski definition) is 0. The number of esters is 1. The number of likely N-dealkylation sites (tertiary alicyclic amines) is 1. The first-order chi connectivity index (χ1) is 16.6. The Kier molecular flexibility index (Phi) is 6.69. The molecule has 1 aliphatic rings. The summed E-state index contributed by atoms with van der Waals surface area (Å²) in [5, 5.41) is 0. The van der Waals surface area contributed by atoms with Crippen molar-refractivity contribution >= 4 is 23.1 Å². The number of fused-ring (bicyclic) bond motifs is 1. The quantitative estimate of drug-likeness (QED) is 0.516. The lowest BCUT2D eigenvalue weighted by molar-refractivity contribution is 0.0188. The van der Waals surface area contributed by atoms with Gasteiger partial charge in [-0.1, -0.05) is 18.2 Å². The van der Waals surface area contributed by atoms with Crippen LogP contribution in [0.2, 0.25) is 0 Å². The second-order valence-electron chi connectivity index (χ2n) is 9.72. The van der Waals surface area contributed by atoms with E-state index in [9.17, 15) is 18.8 Å². The van der Waals surface area contributed by atoms with Crippen molar-refractivity contribution in [3.8, 4) is 0 Å². The largest absolute Gasteiger partial charge is 0.465 e. The zero-order valence-corrected chi connectivity index (χ0v) is 20.4. The summed E-state index contributed by atoms with van der Waals surface area (Å²) in [5.74, 6) is -1.20. The Hall–Kier alpha value is -3.62. The number of benzene rings is 2. The lowest BCUT2D eigenvalue weighted by Gasteiger charge is -2.33. The summed E-state index contributed by atoms with van der Waals surface area (Å²) in [7, 11) is 1.24. The number of halogens is 1. The fourth-order valence-electron chi connectivity index (χ4n) is 4.46. The van der Waals surface area contributed by atoms with Crippen LogP contribution in [0.25, 0.3) is 11.0 Å². The van der Waals surface area contributed by atoms with E-state index in [1.807, 2.05) is 45.0 Å². The minimum atomic E-state index is -0.623. The molecule has 3 aromatic rings. The molecule has 1 saturated heterocycles. The van der Waals surface area contributed by atoms with Crippen molar-refractivity contribution in [1.29, 1.82) is 0 Å². The molecule has 1 fully saturated rings. The number of piperidine rings is 1. The third kappa shape index (κ3) is 5.08. The van der Waals surface area contributed by atoms with Crippen LogP contribution in [0.1, 0.15) is 55.6 Å². The summed E-state index contributed by atoms with van der Waals surface area (Å²) < 4.78 is 28.2. The molecule has 0 saturated carbocycles. The van der Waals surface area contributed by atoms with Gasteiger partial charge in [-0.2, -0.15) is 0 Å². The zero-order valence-electron chi connectivity index (χ0n) is 20.4. The molecule has 1 aliphatic heterocycles. The van der Waals surface area contributed by atoms with E-state index in [2.05, 4.69) is 4.74 Å². The fourth-order valence-corrected chi connectivity index (χ4v) is 4.46. The third-order valence-electron chi connectivity index (χ3n) is 6.15. The van der Waals surface area contributed by atoms with Gasteiger partial charge in [-0.15, -0.1) is 0 Å². The van der Waals surface area contributed by atoms with Gasteiger partial charge in [-0.3, -0.25) is 9.13 Å². The highest BCUT2D eigenvalue weighted by atomic mass is 19.1. The Morgan fingerprint density at radius 2 is 1.71 bits per heavy atom. The molecule has 0 N–H and O–H groups in total. The molecule has 186 valence electrons. The van der Waals surface area contributed by atoms with E-state index < -0.39 is 17.4 Å². The van der Waals surface area contributed by atoms with Gasteiger partial charge in [-0.05, 0) is 57.9 Å². The van der Waals surface area contributed by atoms with E-state index in [1.165, 1.54) is 19.2 Å². The summed E-state index contributed by atoms with van der Waals surface area (Å²) >= 11 is 0. The number of methoxy groups -OCH3 is 1. The van der Waals surface area contributed by atoms with Crippen LogP contribution < -0.4 is 5.69 Å². The van der Waals surface area contributed by atoms with Gasteiger partial charge >= 0.3 is 17.8 Å². The molecule has 0 bridgehead atoms. The van der Waals surface area contributed by atoms with Gasteiger partial charge in [-0.25, -0.2) is 18.8 Å². The smallest absolute Gasteiger partial charge is 0.410 e. The number of hydrogen-bond acceptors (Lipinski definition) is 5. The predicted molar refractivity (Wildman–Crippen MR) is 129 cm³/mol. The molecule has 35 heavy (non-hydrogen) atoms. The van der Waals surface area contributed by atoms with Crippen LogP contribution >= 0.6 is 0 Å². The van der Waals surface area contributed by atoms with Gasteiger partial charge in [0.2, 0.25) is 0 Å². The zero-order chi connectivity index (χ0) is 25.3. The molecule has 2 aromatic carbocycles. The highest BCUT2D eigenvalue weighted by molar-refractivity contribution is 5.89. The molecule has 1 aromatic heterocycles. The molecule has 4 rings (SSSR count). The van der Waals surface area contributed by atoms with Crippen LogP contribution in [-0.4, -0.2) is 51.9 Å². The van der Waals surface area contributed by atoms with E-state index in [-0.39, 0.29) is 29.9 Å². The van der Waals surface area contributed by atoms with Gasteiger partial charge in [0.15, 0.2) is 0 Å². The van der Waals surface area contributed by atoms with Gasteiger partial charge in [0.25, 0.3) is 0 Å². The number of aromatic nitrogens is 2. The van der Waals surface area contributed by atoms with Crippen LogP contribution in [0.3, 0.4) is 0 Å². The lowest BCUT2D eigenvalue weighted by atomic mass is 10.0. The maximum atomic E-state index is 14.8. The number of para-hydroxylation sites is 2. The van der Waals surface area contributed by atoms with Crippen LogP contribution in [0.4, 0.5) is 9.18 Å². The number of nitrogens with zero attached hydrogens (tertiary/aromatic N) is 3. The molecular weight excluding hydrogens is 453 g/mol. The fraction of sp³-hybridized carbons (Fsp3) is 0.423. The van der Waals surface area contributed by atoms with Crippen molar-refractivity contribution in [1.82, 2.24) is 14.0 Å². The van der Waals surface area contributed by atoms with Crippen molar-refractivity contribution in [2.45, 2.75) is 51.8 Å². The van der Waals surface area contributed by atoms with Gasteiger partial charge in [0.1, 0.15) is 11.4 Å². The molecule has 0 spiro atoms. The van der Waals surface area contributed by atoms with Crippen molar-refractivity contribution in [2.24, 2.45) is 0 Å². The average Bonchev–Trinajstić information content (AvgIpc) is 3.10. The van der Waals surface area contributed by atoms with Crippen LogP contribution in [0.15, 0.2) is 47.3 Å². The Bertz CT molecular complexity index is 1310. The number of rotatable bonds is 4. The van der Waals surface area contributed by atoms with Crippen LogP contribution in [0.5, 0.6) is 0 Å².